The first kappa shape index (κ1) is 22.2. The summed E-state index contributed by atoms with van der Waals surface area (Å²) >= 11 is 13.3. The molecular weight excluding hydrogens is 447 g/mol. The Morgan fingerprint density at radius 2 is 2.03 bits per heavy atom. The topological polar surface area (TPSA) is 76.1 Å². The lowest BCUT2D eigenvalue weighted by molar-refractivity contribution is -0.116. The van der Waals surface area contributed by atoms with Gasteiger partial charge in [-0.15, -0.1) is 6.42 Å². The SMILES string of the molecule is C#CC(=O)NC1CCC1Nc1ncc2cc(-c3c(Cl)c(CC)cc(OC)c3Cl)ccc2n1. The summed E-state index contributed by atoms with van der Waals surface area (Å²) in [4.78, 5) is 20.5. The van der Waals surface area contributed by atoms with Gasteiger partial charge in [-0.2, -0.15) is 0 Å². The number of benzene rings is 2. The number of aryl methyl sites for hydroxylation is 1. The lowest BCUT2D eigenvalue weighted by Crippen LogP contribution is -2.53. The fourth-order valence-corrected chi connectivity index (χ4v) is 4.58. The third-order valence-electron chi connectivity index (χ3n) is 5.75. The Bertz CT molecular complexity index is 1210. The van der Waals surface area contributed by atoms with E-state index in [1.807, 2.05) is 31.2 Å². The van der Waals surface area contributed by atoms with E-state index in [0.717, 1.165) is 46.9 Å². The summed E-state index contributed by atoms with van der Waals surface area (Å²) < 4.78 is 5.44. The number of nitrogens with zero attached hydrogens (tertiary/aromatic N) is 2. The third kappa shape index (κ3) is 4.19. The van der Waals surface area contributed by atoms with E-state index in [1.54, 1.807) is 13.3 Å². The third-order valence-corrected chi connectivity index (χ3v) is 6.56. The van der Waals surface area contributed by atoms with E-state index in [1.165, 1.54) is 0 Å². The fraction of sp³-hybridized carbons (Fsp3) is 0.292. The van der Waals surface area contributed by atoms with Gasteiger partial charge in [-0.25, -0.2) is 9.97 Å². The second-order valence-electron chi connectivity index (χ2n) is 7.61. The molecule has 1 heterocycles. The molecule has 3 aromatic rings. The standard InChI is InChI=1S/C24H22Cl2N4O2/c1-4-13-11-19(32-3)23(26)21(22(13)25)14-6-7-16-15(10-14)12-27-24(29-16)30-18-9-8-17(18)28-20(31)5-2/h2,6-7,10-12,17-18H,4,8-9H2,1,3H3,(H,28,31)(H,27,29,30). The van der Waals surface area contributed by atoms with Crippen molar-refractivity contribution in [1.29, 1.82) is 0 Å². The molecule has 1 fully saturated rings. The summed E-state index contributed by atoms with van der Waals surface area (Å²) in [5.41, 5.74) is 3.34. The van der Waals surface area contributed by atoms with Crippen molar-refractivity contribution in [3.8, 4) is 29.2 Å². The van der Waals surface area contributed by atoms with Crippen LogP contribution in [0.25, 0.3) is 22.0 Å². The predicted molar refractivity (Wildman–Crippen MR) is 128 cm³/mol. The van der Waals surface area contributed by atoms with Crippen LogP contribution in [0, 0.1) is 12.3 Å². The van der Waals surface area contributed by atoms with Crippen molar-refractivity contribution >= 4 is 46.0 Å². The number of halogens is 2. The normalized spacial score (nSPS) is 17.3. The summed E-state index contributed by atoms with van der Waals surface area (Å²) in [5.74, 6) is 2.76. The van der Waals surface area contributed by atoms with Crippen molar-refractivity contribution in [2.45, 2.75) is 38.3 Å². The van der Waals surface area contributed by atoms with Gasteiger partial charge in [0, 0.05) is 23.2 Å². The van der Waals surface area contributed by atoms with Crippen LogP contribution in [0.15, 0.2) is 30.5 Å². The number of anilines is 1. The molecule has 0 bridgehead atoms. The van der Waals surface area contributed by atoms with E-state index in [2.05, 4.69) is 26.5 Å². The van der Waals surface area contributed by atoms with Crippen LogP contribution >= 0.6 is 23.2 Å². The molecular formula is C24H22Cl2N4O2. The smallest absolute Gasteiger partial charge is 0.295 e. The zero-order valence-electron chi connectivity index (χ0n) is 17.7. The lowest BCUT2D eigenvalue weighted by Gasteiger charge is -2.37. The minimum atomic E-state index is -0.408. The van der Waals surface area contributed by atoms with Gasteiger partial charge in [0.1, 0.15) is 5.75 Å². The van der Waals surface area contributed by atoms with E-state index in [9.17, 15) is 4.79 Å². The van der Waals surface area contributed by atoms with E-state index >= 15 is 0 Å². The quantitative estimate of drug-likeness (QED) is 0.504. The Labute approximate surface area is 196 Å². The molecule has 1 amide bonds. The van der Waals surface area contributed by atoms with Gasteiger partial charge in [0.05, 0.1) is 28.7 Å². The molecule has 2 atom stereocenters. The monoisotopic (exact) mass is 468 g/mol. The molecule has 0 radical (unpaired) electrons. The number of nitrogens with one attached hydrogen (secondary N) is 2. The molecule has 164 valence electrons. The highest BCUT2D eigenvalue weighted by Crippen LogP contribution is 2.43. The number of hydrogen-bond donors (Lipinski definition) is 2. The number of aromatic nitrogens is 2. The van der Waals surface area contributed by atoms with Crippen LogP contribution in [0.4, 0.5) is 5.95 Å². The predicted octanol–water partition coefficient (Wildman–Crippen LogP) is 4.87. The fourth-order valence-electron chi connectivity index (χ4n) is 3.80. The summed E-state index contributed by atoms with van der Waals surface area (Å²) in [6, 6.07) is 7.70. The summed E-state index contributed by atoms with van der Waals surface area (Å²) in [7, 11) is 1.59. The molecule has 32 heavy (non-hydrogen) atoms. The molecule has 4 rings (SSSR count). The largest absolute Gasteiger partial charge is 0.495 e. The number of terminal acetylenes is 1. The van der Waals surface area contributed by atoms with Crippen LogP contribution in [-0.2, 0) is 11.2 Å². The molecule has 2 aromatic carbocycles. The van der Waals surface area contributed by atoms with E-state index in [-0.39, 0.29) is 12.1 Å². The van der Waals surface area contributed by atoms with Crippen LogP contribution in [0.5, 0.6) is 5.75 Å². The first-order chi connectivity index (χ1) is 15.4. The Morgan fingerprint density at radius 3 is 2.69 bits per heavy atom. The van der Waals surface area contributed by atoms with Gasteiger partial charge in [0.25, 0.3) is 5.91 Å². The number of ether oxygens (including phenoxy) is 1. The molecule has 0 spiro atoms. The zero-order valence-corrected chi connectivity index (χ0v) is 19.2. The second kappa shape index (κ2) is 9.23. The number of carbonyl (C=O) groups is 1. The van der Waals surface area contributed by atoms with Crippen LogP contribution in [0.1, 0.15) is 25.3 Å². The molecule has 0 aliphatic heterocycles. The Morgan fingerprint density at radius 1 is 1.25 bits per heavy atom. The molecule has 1 aliphatic carbocycles. The van der Waals surface area contributed by atoms with Crippen molar-refractivity contribution in [3.63, 3.8) is 0 Å². The molecule has 8 heteroatoms. The van der Waals surface area contributed by atoms with Gasteiger partial charge >= 0.3 is 0 Å². The van der Waals surface area contributed by atoms with E-state index < -0.39 is 5.91 Å². The minimum Gasteiger partial charge on any atom is -0.495 e. The molecule has 1 saturated carbocycles. The van der Waals surface area contributed by atoms with Gasteiger partial charge in [-0.1, -0.05) is 36.2 Å². The molecule has 1 aliphatic rings. The van der Waals surface area contributed by atoms with Gasteiger partial charge < -0.3 is 15.4 Å². The highest BCUT2D eigenvalue weighted by Gasteiger charge is 2.32. The average molecular weight is 469 g/mol. The average Bonchev–Trinajstić information content (AvgIpc) is 2.80. The van der Waals surface area contributed by atoms with Gasteiger partial charge in [-0.05, 0) is 54.5 Å². The molecule has 1 aromatic heterocycles. The highest BCUT2D eigenvalue weighted by atomic mass is 35.5. The van der Waals surface area contributed by atoms with Crippen molar-refractivity contribution in [1.82, 2.24) is 15.3 Å². The van der Waals surface area contributed by atoms with Crippen LogP contribution in [0.3, 0.4) is 0 Å². The number of fused-ring (bicyclic) bond motifs is 1. The summed E-state index contributed by atoms with van der Waals surface area (Å²) in [5, 5.41) is 8.02. The van der Waals surface area contributed by atoms with E-state index in [0.29, 0.717) is 21.7 Å². The molecule has 6 nitrogen and oxygen atoms in total. The Kier molecular flexibility index (Phi) is 6.40. The maximum atomic E-state index is 11.4. The lowest BCUT2D eigenvalue weighted by atomic mass is 9.86. The first-order valence-corrected chi connectivity index (χ1v) is 11.1. The van der Waals surface area contributed by atoms with Crippen LogP contribution in [0.2, 0.25) is 10.0 Å². The number of hydrogen-bond acceptors (Lipinski definition) is 5. The maximum Gasteiger partial charge on any atom is 0.295 e. The number of amides is 1. The first-order valence-electron chi connectivity index (χ1n) is 10.3. The van der Waals surface area contributed by atoms with Crippen LogP contribution < -0.4 is 15.4 Å². The Hall–Kier alpha value is -3.01. The maximum absolute atomic E-state index is 11.4. The van der Waals surface area contributed by atoms with Crippen molar-refractivity contribution in [2.24, 2.45) is 0 Å². The van der Waals surface area contributed by atoms with Gasteiger partial charge in [-0.3, -0.25) is 4.79 Å². The molecule has 2 N–H and O–H groups in total. The second-order valence-corrected chi connectivity index (χ2v) is 8.37. The zero-order chi connectivity index (χ0) is 22.8. The summed E-state index contributed by atoms with van der Waals surface area (Å²) in [6.45, 7) is 2.03. The van der Waals surface area contributed by atoms with Crippen molar-refractivity contribution < 1.29 is 9.53 Å². The van der Waals surface area contributed by atoms with E-state index in [4.69, 9.17) is 34.4 Å². The van der Waals surface area contributed by atoms with Gasteiger partial charge in [0.15, 0.2) is 0 Å². The summed E-state index contributed by atoms with van der Waals surface area (Å²) in [6.07, 6.45) is 9.42. The highest BCUT2D eigenvalue weighted by molar-refractivity contribution is 6.40. The molecule has 0 saturated heterocycles. The minimum absolute atomic E-state index is 0.0228. The number of methoxy groups -OCH3 is 1. The molecule has 2 unspecified atom stereocenters. The Balaban J connectivity index is 1.62. The van der Waals surface area contributed by atoms with Crippen LogP contribution in [-0.4, -0.2) is 35.1 Å². The van der Waals surface area contributed by atoms with Crippen molar-refractivity contribution in [3.05, 3.63) is 46.1 Å². The number of carbonyl (C=O) groups excluding carboxylic acids is 1. The van der Waals surface area contributed by atoms with Crippen molar-refractivity contribution in [2.75, 3.05) is 12.4 Å². The van der Waals surface area contributed by atoms with Gasteiger partial charge in [0.2, 0.25) is 5.95 Å². The number of rotatable bonds is 6.